The molecule has 1 N–H and O–H groups in total. The molecule has 1 unspecified atom stereocenters. The van der Waals surface area contributed by atoms with Crippen LogP contribution in [0.5, 0.6) is 0 Å². The summed E-state index contributed by atoms with van der Waals surface area (Å²) in [6, 6.07) is 7.94. The van der Waals surface area contributed by atoms with Gasteiger partial charge in [0.25, 0.3) is 0 Å². The van der Waals surface area contributed by atoms with Gasteiger partial charge in [0.15, 0.2) is 0 Å². The molecular weight excluding hydrogens is 258 g/mol. The Morgan fingerprint density at radius 1 is 1.26 bits per heavy atom. The Labute approximate surface area is 122 Å². The van der Waals surface area contributed by atoms with Gasteiger partial charge in [-0.1, -0.05) is 50.6 Å². The van der Waals surface area contributed by atoms with Crippen molar-refractivity contribution < 1.29 is 4.74 Å². The SMILES string of the molecule is CCNCC(OCCCC(C)C)c1ccccc1Cl. The van der Waals surface area contributed by atoms with Gasteiger partial charge in [0, 0.05) is 23.7 Å². The second-order valence-electron chi connectivity index (χ2n) is 5.22. The maximum Gasteiger partial charge on any atom is 0.0963 e. The smallest absolute Gasteiger partial charge is 0.0963 e. The van der Waals surface area contributed by atoms with E-state index >= 15 is 0 Å². The van der Waals surface area contributed by atoms with E-state index in [1.807, 2.05) is 24.3 Å². The van der Waals surface area contributed by atoms with Gasteiger partial charge >= 0.3 is 0 Å². The molecule has 0 bridgehead atoms. The molecule has 2 nitrogen and oxygen atoms in total. The molecule has 0 aliphatic heterocycles. The van der Waals surface area contributed by atoms with Crippen molar-refractivity contribution in [2.24, 2.45) is 5.92 Å². The van der Waals surface area contributed by atoms with Crippen LogP contribution in [-0.4, -0.2) is 19.7 Å². The molecule has 1 aromatic carbocycles. The summed E-state index contributed by atoms with van der Waals surface area (Å²) in [5.74, 6) is 0.733. The zero-order chi connectivity index (χ0) is 14.1. The molecule has 3 heteroatoms. The van der Waals surface area contributed by atoms with Crippen LogP contribution in [0.1, 0.15) is 45.3 Å². The van der Waals surface area contributed by atoms with Crippen molar-refractivity contribution in [1.82, 2.24) is 5.32 Å². The largest absolute Gasteiger partial charge is 0.372 e. The molecule has 108 valence electrons. The lowest BCUT2D eigenvalue weighted by Crippen LogP contribution is -2.23. The molecule has 0 saturated carbocycles. The molecule has 0 aromatic heterocycles. The molecule has 0 spiro atoms. The lowest BCUT2D eigenvalue weighted by Gasteiger charge is -2.20. The van der Waals surface area contributed by atoms with E-state index in [4.69, 9.17) is 16.3 Å². The average molecular weight is 284 g/mol. The fourth-order valence-corrected chi connectivity index (χ4v) is 2.24. The second kappa shape index (κ2) is 9.35. The standard InChI is InChI=1S/C16H26ClNO/c1-4-18-12-16(19-11-7-8-13(2)3)14-9-5-6-10-15(14)17/h5-6,9-10,13,16,18H,4,7-8,11-12H2,1-3H3. The van der Waals surface area contributed by atoms with Crippen LogP contribution in [-0.2, 0) is 4.74 Å². The van der Waals surface area contributed by atoms with Crippen LogP contribution in [0.2, 0.25) is 5.02 Å². The Kier molecular flexibility index (Phi) is 8.11. The molecule has 0 aliphatic carbocycles. The van der Waals surface area contributed by atoms with Crippen LogP contribution in [0, 0.1) is 5.92 Å². The summed E-state index contributed by atoms with van der Waals surface area (Å²) >= 11 is 6.25. The summed E-state index contributed by atoms with van der Waals surface area (Å²) in [5, 5.41) is 4.13. The number of benzene rings is 1. The summed E-state index contributed by atoms with van der Waals surface area (Å²) < 4.78 is 6.01. The first kappa shape index (κ1) is 16.5. The Morgan fingerprint density at radius 2 is 2.00 bits per heavy atom. The highest BCUT2D eigenvalue weighted by molar-refractivity contribution is 6.31. The Morgan fingerprint density at radius 3 is 2.63 bits per heavy atom. The van der Waals surface area contributed by atoms with Gasteiger partial charge in [0.2, 0.25) is 0 Å². The van der Waals surface area contributed by atoms with Crippen molar-refractivity contribution in [1.29, 1.82) is 0 Å². The Bertz CT molecular complexity index is 354. The van der Waals surface area contributed by atoms with Crippen LogP contribution in [0.4, 0.5) is 0 Å². The molecular formula is C16H26ClNO. The van der Waals surface area contributed by atoms with E-state index in [1.54, 1.807) is 0 Å². The highest BCUT2D eigenvalue weighted by atomic mass is 35.5. The predicted octanol–water partition coefficient (Wildman–Crippen LogP) is 4.44. The molecule has 0 aliphatic rings. The molecule has 1 rings (SSSR count). The first-order valence-corrected chi connectivity index (χ1v) is 7.59. The summed E-state index contributed by atoms with van der Waals surface area (Å²) in [6.07, 6.45) is 2.35. The van der Waals surface area contributed by atoms with Crippen LogP contribution < -0.4 is 5.32 Å². The molecule has 0 fully saturated rings. The van der Waals surface area contributed by atoms with Crippen molar-refractivity contribution in [3.05, 3.63) is 34.9 Å². The van der Waals surface area contributed by atoms with E-state index < -0.39 is 0 Å². The van der Waals surface area contributed by atoms with Crippen LogP contribution >= 0.6 is 11.6 Å². The molecule has 0 amide bonds. The molecule has 1 atom stereocenters. The number of nitrogens with one attached hydrogen (secondary N) is 1. The summed E-state index contributed by atoms with van der Waals surface area (Å²) in [7, 11) is 0. The lowest BCUT2D eigenvalue weighted by molar-refractivity contribution is 0.0491. The van der Waals surface area contributed by atoms with Gasteiger partial charge in [-0.25, -0.2) is 0 Å². The zero-order valence-corrected chi connectivity index (χ0v) is 13.0. The Hall–Kier alpha value is -0.570. The van der Waals surface area contributed by atoms with Gasteiger partial charge in [0.05, 0.1) is 6.10 Å². The molecule has 0 saturated heterocycles. The van der Waals surface area contributed by atoms with Crippen molar-refractivity contribution in [3.63, 3.8) is 0 Å². The molecule has 19 heavy (non-hydrogen) atoms. The second-order valence-corrected chi connectivity index (χ2v) is 5.63. The van der Waals surface area contributed by atoms with Crippen LogP contribution in [0.15, 0.2) is 24.3 Å². The van der Waals surface area contributed by atoms with Gasteiger partial charge in [0.1, 0.15) is 0 Å². The normalized spacial score (nSPS) is 12.9. The Balaban J connectivity index is 2.54. The number of hydrogen-bond acceptors (Lipinski definition) is 2. The van der Waals surface area contributed by atoms with Crippen molar-refractivity contribution in [2.75, 3.05) is 19.7 Å². The summed E-state index contributed by atoms with van der Waals surface area (Å²) in [5.41, 5.74) is 1.08. The van der Waals surface area contributed by atoms with Crippen molar-refractivity contribution >= 4 is 11.6 Å². The minimum atomic E-state index is 0.0424. The maximum atomic E-state index is 6.25. The van der Waals surface area contributed by atoms with Gasteiger partial charge in [-0.3, -0.25) is 0 Å². The fraction of sp³-hybridized carbons (Fsp3) is 0.625. The molecule has 1 aromatic rings. The predicted molar refractivity (Wildman–Crippen MR) is 82.8 cm³/mol. The number of likely N-dealkylation sites (N-methyl/N-ethyl adjacent to an activating group) is 1. The quantitative estimate of drug-likeness (QED) is 0.676. The van der Waals surface area contributed by atoms with Crippen LogP contribution in [0.3, 0.4) is 0 Å². The number of ether oxygens (including phenoxy) is 1. The van der Waals surface area contributed by atoms with E-state index in [-0.39, 0.29) is 6.10 Å². The van der Waals surface area contributed by atoms with Crippen molar-refractivity contribution in [3.8, 4) is 0 Å². The minimum Gasteiger partial charge on any atom is -0.372 e. The third-order valence-electron chi connectivity index (χ3n) is 3.08. The third-order valence-corrected chi connectivity index (χ3v) is 3.42. The first-order valence-electron chi connectivity index (χ1n) is 7.21. The number of halogens is 1. The summed E-state index contributed by atoms with van der Waals surface area (Å²) in [4.78, 5) is 0. The van der Waals surface area contributed by atoms with E-state index in [9.17, 15) is 0 Å². The highest BCUT2D eigenvalue weighted by Crippen LogP contribution is 2.25. The third kappa shape index (κ3) is 6.42. The highest BCUT2D eigenvalue weighted by Gasteiger charge is 2.14. The number of rotatable bonds is 9. The monoisotopic (exact) mass is 283 g/mol. The van der Waals surface area contributed by atoms with E-state index in [2.05, 4.69) is 26.1 Å². The average Bonchev–Trinajstić information content (AvgIpc) is 2.39. The van der Waals surface area contributed by atoms with Crippen LogP contribution in [0.25, 0.3) is 0 Å². The first-order chi connectivity index (χ1) is 9.15. The van der Waals surface area contributed by atoms with Gasteiger partial charge in [-0.05, 0) is 31.4 Å². The van der Waals surface area contributed by atoms with Gasteiger partial charge < -0.3 is 10.1 Å². The number of hydrogen-bond donors (Lipinski definition) is 1. The van der Waals surface area contributed by atoms with E-state index in [0.29, 0.717) is 0 Å². The minimum absolute atomic E-state index is 0.0424. The molecule has 0 heterocycles. The molecule has 0 radical (unpaired) electrons. The van der Waals surface area contributed by atoms with E-state index in [0.717, 1.165) is 42.6 Å². The zero-order valence-electron chi connectivity index (χ0n) is 12.3. The topological polar surface area (TPSA) is 21.3 Å². The van der Waals surface area contributed by atoms with Gasteiger partial charge in [-0.2, -0.15) is 0 Å². The maximum absolute atomic E-state index is 6.25. The van der Waals surface area contributed by atoms with Crippen molar-refractivity contribution in [2.45, 2.75) is 39.7 Å². The van der Waals surface area contributed by atoms with Gasteiger partial charge in [-0.15, -0.1) is 0 Å². The fourth-order valence-electron chi connectivity index (χ4n) is 1.99. The lowest BCUT2D eigenvalue weighted by atomic mass is 10.1. The van der Waals surface area contributed by atoms with E-state index in [1.165, 1.54) is 6.42 Å². The summed E-state index contributed by atoms with van der Waals surface area (Å²) in [6.45, 7) is 9.12.